The molecule has 88 valence electrons. The summed E-state index contributed by atoms with van der Waals surface area (Å²) in [6.45, 7) is 1.99. The number of hydrogen-bond donors (Lipinski definition) is 2. The van der Waals surface area contributed by atoms with Gasteiger partial charge in [-0.2, -0.15) is 5.10 Å². The van der Waals surface area contributed by atoms with Gasteiger partial charge in [0.25, 0.3) is 0 Å². The van der Waals surface area contributed by atoms with Gasteiger partial charge in [-0.1, -0.05) is 24.3 Å². The van der Waals surface area contributed by atoms with Crippen molar-refractivity contribution in [1.29, 1.82) is 0 Å². The van der Waals surface area contributed by atoms with Crippen molar-refractivity contribution in [2.75, 3.05) is 0 Å². The standard InChI is InChI=1S/C12H11BrN2O2/c1-7-4-2-3-5-8(7)12-11(13)9(14-15-12)6-10(16)17/h2-5H,6H2,1H3,(H,14,15)(H,16,17). The third-order valence-electron chi connectivity index (χ3n) is 2.50. The van der Waals surface area contributed by atoms with E-state index in [1.54, 1.807) is 0 Å². The van der Waals surface area contributed by atoms with E-state index in [4.69, 9.17) is 5.11 Å². The van der Waals surface area contributed by atoms with Crippen LogP contribution < -0.4 is 0 Å². The zero-order valence-corrected chi connectivity index (χ0v) is 10.8. The molecule has 1 heterocycles. The van der Waals surface area contributed by atoms with Crippen molar-refractivity contribution in [3.63, 3.8) is 0 Å². The van der Waals surface area contributed by atoms with Crippen LogP contribution in [0.5, 0.6) is 0 Å². The highest BCUT2D eigenvalue weighted by atomic mass is 79.9. The molecule has 5 heteroatoms. The summed E-state index contributed by atoms with van der Waals surface area (Å²) in [4.78, 5) is 10.7. The van der Waals surface area contributed by atoms with Crippen LogP contribution in [-0.2, 0) is 11.2 Å². The fraction of sp³-hybridized carbons (Fsp3) is 0.167. The minimum Gasteiger partial charge on any atom is -0.481 e. The summed E-state index contributed by atoms with van der Waals surface area (Å²) in [6.07, 6.45) is -0.0700. The average Bonchev–Trinajstić information content (AvgIpc) is 2.61. The molecule has 2 N–H and O–H groups in total. The molecule has 0 unspecified atom stereocenters. The number of aromatic amines is 1. The number of aromatic nitrogens is 2. The Balaban J connectivity index is 2.44. The minimum absolute atomic E-state index is 0.0700. The Morgan fingerprint density at radius 2 is 2.18 bits per heavy atom. The molecule has 0 spiro atoms. The van der Waals surface area contributed by atoms with Crippen LogP contribution >= 0.6 is 15.9 Å². The zero-order chi connectivity index (χ0) is 12.4. The van der Waals surface area contributed by atoms with Gasteiger partial charge in [0.05, 0.1) is 16.6 Å². The van der Waals surface area contributed by atoms with Crippen LogP contribution in [0.4, 0.5) is 0 Å². The second kappa shape index (κ2) is 4.71. The summed E-state index contributed by atoms with van der Waals surface area (Å²) >= 11 is 3.39. The van der Waals surface area contributed by atoms with Crippen LogP contribution in [0.1, 0.15) is 11.3 Å². The van der Waals surface area contributed by atoms with Crippen molar-refractivity contribution >= 4 is 21.9 Å². The van der Waals surface area contributed by atoms with E-state index in [-0.39, 0.29) is 6.42 Å². The predicted molar refractivity (Wildman–Crippen MR) is 67.8 cm³/mol. The highest BCUT2D eigenvalue weighted by molar-refractivity contribution is 9.10. The molecule has 1 aromatic heterocycles. The number of nitrogens with zero attached hydrogens (tertiary/aromatic N) is 1. The topological polar surface area (TPSA) is 66.0 Å². The van der Waals surface area contributed by atoms with Crippen molar-refractivity contribution in [1.82, 2.24) is 10.2 Å². The van der Waals surface area contributed by atoms with E-state index in [1.165, 1.54) is 0 Å². The van der Waals surface area contributed by atoms with Crippen LogP contribution in [0.25, 0.3) is 11.3 Å². The number of hydrogen-bond acceptors (Lipinski definition) is 2. The van der Waals surface area contributed by atoms with E-state index in [1.807, 2.05) is 31.2 Å². The summed E-state index contributed by atoms with van der Waals surface area (Å²) < 4.78 is 0.717. The van der Waals surface area contributed by atoms with Gasteiger partial charge in [-0.3, -0.25) is 9.89 Å². The first kappa shape index (κ1) is 11.9. The molecule has 17 heavy (non-hydrogen) atoms. The molecule has 0 fully saturated rings. The number of carbonyl (C=O) groups is 1. The molecule has 0 atom stereocenters. The Labute approximate surface area is 107 Å². The van der Waals surface area contributed by atoms with Gasteiger partial charge in [-0.05, 0) is 28.4 Å². The number of benzene rings is 1. The second-order valence-electron chi connectivity index (χ2n) is 3.75. The van der Waals surface area contributed by atoms with E-state index in [0.29, 0.717) is 10.2 Å². The first-order valence-electron chi connectivity index (χ1n) is 5.10. The third kappa shape index (κ3) is 2.39. The number of carboxylic acid groups (broad SMARTS) is 1. The summed E-state index contributed by atoms with van der Waals surface area (Å²) in [7, 11) is 0. The number of nitrogens with one attached hydrogen (secondary N) is 1. The van der Waals surface area contributed by atoms with Gasteiger partial charge in [-0.25, -0.2) is 0 Å². The first-order valence-corrected chi connectivity index (χ1v) is 5.89. The van der Waals surface area contributed by atoms with E-state index in [0.717, 1.165) is 16.8 Å². The van der Waals surface area contributed by atoms with E-state index < -0.39 is 5.97 Å². The maximum absolute atomic E-state index is 10.7. The normalized spacial score (nSPS) is 10.5. The minimum atomic E-state index is -0.884. The summed E-state index contributed by atoms with van der Waals surface area (Å²) in [5.41, 5.74) is 3.42. The SMILES string of the molecule is Cc1ccccc1-c1n[nH]c(CC(=O)O)c1Br. The van der Waals surface area contributed by atoms with Gasteiger partial charge < -0.3 is 5.11 Å². The Kier molecular flexibility index (Phi) is 3.28. The number of halogens is 1. The molecule has 0 bridgehead atoms. The molecule has 0 aliphatic heterocycles. The molecular formula is C12H11BrN2O2. The monoisotopic (exact) mass is 294 g/mol. The maximum atomic E-state index is 10.7. The Bertz CT molecular complexity index is 563. The lowest BCUT2D eigenvalue weighted by atomic mass is 10.1. The molecule has 1 aromatic carbocycles. The van der Waals surface area contributed by atoms with Gasteiger partial charge in [0.2, 0.25) is 0 Å². The first-order chi connectivity index (χ1) is 8.09. The Morgan fingerprint density at radius 1 is 1.47 bits per heavy atom. The average molecular weight is 295 g/mol. The molecular weight excluding hydrogens is 284 g/mol. The van der Waals surface area contributed by atoms with Gasteiger partial charge in [0, 0.05) is 5.56 Å². The van der Waals surface area contributed by atoms with Crippen molar-refractivity contribution in [2.45, 2.75) is 13.3 Å². The van der Waals surface area contributed by atoms with Gasteiger partial charge in [0.1, 0.15) is 5.69 Å². The third-order valence-corrected chi connectivity index (χ3v) is 3.36. The van der Waals surface area contributed by atoms with E-state index in [9.17, 15) is 4.79 Å². The summed E-state index contributed by atoms with van der Waals surface area (Å²) in [5, 5.41) is 15.7. The molecule has 2 rings (SSSR count). The highest BCUT2D eigenvalue weighted by Crippen LogP contribution is 2.30. The lowest BCUT2D eigenvalue weighted by Crippen LogP contribution is -2.00. The highest BCUT2D eigenvalue weighted by Gasteiger charge is 2.15. The van der Waals surface area contributed by atoms with Gasteiger partial charge >= 0.3 is 5.97 Å². The van der Waals surface area contributed by atoms with E-state index in [2.05, 4.69) is 26.1 Å². The summed E-state index contributed by atoms with van der Waals surface area (Å²) in [5.74, 6) is -0.884. The lowest BCUT2D eigenvalue weighted by Gasteiger charge is -2.02. The number of rotatable bonds is 3. The number of H-pyrrole nitrogens is 1. The maximum Gasteiger partial charge on any atom is 0.309 e. The zero-order valence-electron chi connectivity index (χ0n) is 9.20. The fourth-order valence-corrected chi connectivity index (χ4v) is 2.18. The molecule has 0 aliphatic carbocycles. The molecule has 4 nitrogen and oxygen atoms in total. The van der Waals surface area contributed by atoms with Crippen molar-refractivity contribution in [3.05, 3.63) is 40.0 Å². The molecule has 0 radical (unpaired) electrons. The fourth-order valence-electron chi connectivity index (χ4n) is 1.65. The van der Waals surface area contributed by atoms with Crippen LogP contribution in [0.3, 0.4) is 0 Å². The predicted octanol–water partition coefficient (Wildman–Crippen LogP) is 2.77. The number of aliphatic carboxylic acids is 1. The molecule has 0 amide bonds. The Hall–Kier alpha value is -1.62. The largest absolute Gasteiger partial charge is 0.481 e. The second-order valence-corrected chi connectivity index (χ2v) is 4.54. The van der Waals surface area contributed by atoms with Crippen molar-refractivity contribution in [3.8, 4) is 11.3 Å². The Morgan fingerprint density at radius 3 is 2.82 bits per heavy atom. The summed E-state index contributed by atoms with van der Waals surface area (Å²) in [6, 6.07) is 7.84. The van der Waals surface area contributed by atoms with Crippen molar-refractivity contribution < 1.29 is 9.90 Å². The van der Waals surface area contributed by atoms with Crippen LogP contribution in [-0.4, -0.2) is 21.3 Å². The quantitative estimate of drug-likeness (QED) is 0.915. The number of carboxylic acids is 1. The molecule has 0 saturated heterocycles. The van der Waals surface area contributed by atoms with E-state index >= 15 is 0 Å². The van der Waals surface area contributed by atoms with Crippen LogP contribution in [0, 0.1) is 6.92 Å². The van der Waals surface area contributed by atoms with Crippen LogP contribution in [0.2, 0.25) is 0 Å². The number of aryl methyl sites for hydroxylation is 1. The molecule has 0 aliphatic rings. The molecule has 2 aromatic rings. The van der Waals surface area contributed by atoms with Crippen LogP contribution in [0.15, 0.2) is 28.7 Å². The van der Waals surface area contributed by atoms with Gasteiger partial charge in [0.15, 0.2) is 0 Å². The lowest BCUT2D eigenvalue weighted by molar-refractivity contribution is -0.136. The smallest absolute Gasteiger partial charge is 0.309 e. The van der Waals surface area contributed by atoms with Gasteiger partial charge in [-0.15, -0.1) is 0 Å². The van der Waals surface area contributed by atoms with Crippen molar-refractivity contribution in [2.24, 2.45) is 0 Å². The molecule has 0 saturated carbocycles.